The Bertz CT molecular complexity index is 1380. The normalized spacial score (nSPS) is 13.4. The minimum Gasteiger partial charge on any atom is -0.394 e. The van der Waals surface area contributed by atoms with Crippen LogP contribution in [-0.4, -0.2) is 34.9 Å². The highest BCUT2D eigenvalue weighted by atomic mass is 16.3. The molecule has 76 heavy (non-hydrogen) atoms. The topological polar surface area (TPSA) is 69.6 Å². The number of unbranched alkanes of at least 4 members (excludes halogenated alkanes) is 38. The molecule has 4 heteroatoms. The lowest BCUT2D eigenvalue weighted by molar-refractivity contribution is -0.123. The average Bonchev–Trinajstić information content (AvgIpc) is 3.42. The second-order valence-electron chi connectivity index (χ2n) is 22.5. The molecule has 440 valence electrons. The maximum absolute atomic E-state index is 12.5. The van der Waals surface area contributed by atoms with Crippen molar-refractivity contribution in [2.45, 2.75) is 347 Å². The number of aliphatic hydroxyl groups is 2. The highest BCUT2D eigenvalue weighted by Gasteiger charge is 2.20. The van der Waals surface area contributed by atoms with Crippen molar-refractivity contribution >= 4 is 5.91 Å². The highest BCUT2D eigenvalue weighted by Crippen LogP contribution is 2.18. The van der Waals surface area contributed by atoms with Crippen molar-refractivity contribution in [3.05, 3.63) is 97.2 Å². The number of aliphatic hydroxyl groups excluding tert-OH is 2. The summed E-state index contributed by atoms with van der Waals surface area (Å²) in [5.41, 5.74) is 0. The molecule has 2 unspecified atom stereocenters. The molecule has 0 aromatic heterocycles. The van der Waals surface area contributed by atoms with Gasteiger partial charge in [-0.25, -0.2) is 0 Å². The molecule has 0 spiro atoms. The van der Waals surface area contributed by atoms with E-state index in [0.29, 0.717) is 12.8 Å². The van der Waals surface area contributed by atoms with Gasteiger partial charge in [0.2, 0.25) is 5.91 Å². The predicted molar refractivity (Wildman–Crippen MR) is 340 cm³/mol. The Morgan fingerprint density at radius 2 is 0.579 bits per heavy atom. The van der Waals surface area contributed by atoms with Crippen molar-refractivity contribution in [3.8, 4) is 0 Å². The molecule has 0 aromatic rings. The molecule has 0 radical (unpaired) electrons. The maximum atomic E-state index is 12.5. The smallest absolute Gasteiger partial charge is 0.220 e. The van der Waals surface area contributed by atoms with Crippen LogP contribution >= 0.6 is 0 Å². The fourth-order valence-corrected chi connectivity index (χ4v) is 10.1. The third kappa shape index (κ3) is 62.2. The number of carbonyl (C=O) groups is 1. The SMILES string of the molecule is CC/C=C\C/C=C\C/C=C\C/C=C\C/C=C\C/C=C\C/C=C\C/C=C\CCCCCCCCCCCCCCCCCCC(=O)NC(CO)C(O)CCCCCCCCCCCCCCCCCCCCCCCCC. The second kappa shape index (κ2) is 66.6. The van der Waals surface area contributed by atoms with Crippen molar-refractivity contribution in [3.63, 3.8) is 0 Å². The van der Waals surface area contributed by atoms with Crippen LogP contribution in [0.4, 0.5) is 0 Å². The molecule has 2 atom stereocenters. The van der Waals surface area contributed by atoms with Gasteiger partial charge in [-0.05, 0) is 77.0 Å². The van der Waals surface area contributed by atoms with Crippen molar-refractivity contribution in [2.24, 2.45) is 0 Å². The number of carbonyl (C=O) groups excluding carboxylic acids is 1. The van der Waals surface area contributed by atoms with E-state index in [9.17, 15) is 15.0 Å². The first-order chi connectivity index (χ1) is 37.7. The van der Waals surface area contributed by atoms with Crippen LogP contribution in [0.15, 0.2) is 97.2 Å². The Kier molecular flexibility index (Phi) is 64.2. The van der Waals surface area contributed by atoms with Gasteiger partial charge in [-0.2, -0.15) is 0 Å². The molecule has 0 bridgehead atoms. The summed E-state index contributed by atoms with van der Waals surface area (Å²) in [6.07, 6.45) is 98.7. The first-order valence-corrected chi connectivity index (χ1v) is 33.4. The standard InChI is InChI=1S/C72H129NO3/c1-3-5-7-9-11-13-15-17-19-21-23-25-27-28-29-30-31-32-33-34-35-36-37-38-39-40-41-42-43-44-46-48-50-52-54-56-58-60-62-64-66-68-72(76)73-70(69-74)71(75)67-65-63-61-59-57-55-53-51-49-47-45-26-24-22-20-18-16-14-12-10-8-6-4-2/h5,7,11,13,17,19,23,25,28-29,31-32,34-35,37-38,70-71,74-75H,3-4,6,8-10,12,14-16,18,20-22,24,26-27,30,33,36,39-69H2,1-2H3,(H,73,76)/b7-5-,13-11-,19-17-,25-23-,29-28-,32-31-,35-34-,38-37-. The minimum absolute atomic E-state index is 0.0290. The van der Waals surface area contributed by atoms with Crippen molar-refractivity contribution in [2.75, 3.05) is 6.61 Å². The van der Waals surface area contributed by atoms with Gasteiger partial charge in [0.05, 0.1) is 18.8 Å². The first-order valence-electron chi connectivity index (χ1n) is 33.4. The summed E-state index contributed by atoms with van der Waals surface area (Å²) in [5.74, 6) is -0.0290. The molecule has 0 fully saturated rings. The Morgan fingerprint density at radius 3 is 0.868 bits per heavy atom. The molecule has 0 rings (SSSR count). The third-order valence-electron chi connectivity index (χ3n) is 15.1. The van der Waals surface area contributed by atoms with Crippen molar-refractivity contribution < 1.29 is 15.0 Å². The van der Waals surface area contributed by atoms with Crippen LogP contribution in [0, 0.1) is 0 Å². The Hall–Kier alpha value is -2.69. The molecule has 0 aliphatic carbocycles. The van der Waals surface area contributed by atoms with Gasteiger partial charge in [-0.15, -0.1) is 0 Å². The van der Waals surface area contributed by atoms with E-state index < -0.39 is 12.1 Å². The molecule has 0 saturated carbocycles. The van der Waals surface area contributed by atoms with E-state index in [4.69, 9.17) is 0 Å². The van der Waals surface area contributed by atoms with E-state index in [1.165, 1.54) is 231 Å². The summed E-state index contributed by atoms with van der Waals surface area (Å²) in [4.78, 5) is 12.5. The Morgan fingerprint density at radius 1 is 0.329 bits per heavy atom. The average molecular weight is 1060 g/mol. The molecule has 0 heterocycles. The van der Waals surface area contributed by atoms with Crippen LogP contribution in [0.25, 0.3) is 0 Å². The number of rotatable bonds is 61. The van der Waals surface area contributed by atoms with E-state index in [-0.39, 0.29) is 12.5 Å². The summed E-state index contributed by atoms with van der Waals surface area (Å²) in [5, 5.41) is 23.4. The molecule has 0 saturated heterocycles. The van der Waals surface area contributed by atoms with Crippen LogP contribution in [0.1, 0.15) is 335 Å². The van der Waals surface area contributed by atoms with Gasteiger partial charge in [0, 0.05) is 6.42 Å². The highest BCUT2D eigenvalue weighted by molar-refractivity contribution is 5.76. The fourth-order valence-electron chi connectivity index (χ4n) is 10.1. The molecular weight excluding hydrogens is 927 g/mol. The number of amides is 1. The van der Waals surface area contributed by atoms with E-state index >= 15 is 0 Å². The van der Waals surface area contributed by atoms with Crippen LogP contribution in [0.2, 0.25) is 0 Å². The van der Waals surface area contributed by atoms with E-state index in [0.717, 1.165) is 77.0 Å². The summed E-state index contributed by atoms with van der Waals surface area (Å²) < 4.78 is 0. The third-order valence-corrected chi connectivity index (χ3v) is 15.1. The van der Waals surface area contributed by atoms with Crippen molar-refractivity contribution in [1.82, 2.24) is 5.32 Å². The molecule has 4 nitrogen and oxygen atoms in total. The van der Waals surface area contributed by atoms with Gasteiger partial charge < -0.3 is 15.5 Å². The predicted octanol–water partition coefficient (Wildman–Crippen LogP) is 22.8. The molecule has 0 aliphatic heterocycles. The second-order valence-corrected chi connectivity index (χ2v) is 22.5. The zero-order valence-electron chi connectivity index (χ0n) is 50.8. The lowest BCUT2D eigenvalue weighted by Gasteiger charge is -2.22. The summed E-state index contributed by atoms with van der Waals surface area (Å²) >= 11 is 0. The lowest BCUT2D eigenvalue weighted by Crippen LogP contribution is -2.45. The first kappa shape index (κ1) is 73.3. The van der Waals surface area contributed by atoms with Gasteiger partial charge in [0.15, 0.2) is 0 Å². The van der Waals surface area contributed by atoms with Gasteiger partial charge in [0.1, 0.15) is 0 Å². The quantitative estimate of drug-likeness (QED) is 0.0420. The monoisotopic (exact) mass is 1060 g/mol. The Labute approximate surface area is 474 Å². The lowest BCUT2D eigenvalue weighted by atomic mass is 10.0. The van der Waals surface area contributed by atoms with Gasteiger partial charge in [-0.1, -0.05) is 349 Å². The van der Waals surface area contributed by atoms with E-state index in [2.05, 4.69) is 116 Å². The largest absolute Gasteiger partial charge is 0.394 e. The molecule has 0 aliphatic rings. The fraction of sp³-hybridized carbons (Fsp3) is 0.764. The maximum Gasteiger partial charge on any atom is 0.220 e. The van der Waals surface area contributed by atoms with E-state index in [1.807, 2.05) is 0 Å². The Balaban J connectivity index is 3.47. The van der Waals surface area contributed by atoms with Crippen molar-refractivity contribution in [1.29, 1.82) is 0 Å². The van der Waals surface area contributed by atoms with E-state index in [1.54, 1.807) is 0 Å². The zero-order chi connectivity index (χ0) is 54.8. The molecule has 0 aromatic carbocycles. The van der Waals surface area contributed by atoms with Gasteiger partial charge in [0.25, 0.3) is 0 Å². The molecule has 3 N–H and O–H groups in total. The summed E-state index contributed by atoms with van der Waals surface area (Å²) in [7, 11) is 0. The molecule has 1 amide bonds. The number of allylic oxidation sites excluding steroid dienone is 16. The number of nitrogens with one attached hydrogen (secondary N) is 1. The van der Waals surface area contributed by atoms with Gasteiger partial charge in [-0.3, -0.25) is 4.79 Å². The summed E-state index contributed by atoms with van der Waals surface area (Å²) in [6.45, 7) is 4.27. The van der Waals surface area contributed by atoms with Crippen LogP contribution in [-0.2, 0) is 4.79 Å². The zero-order valence-corrected chi connectivity index (χ0v) is 50.8. The minimum atomic E-state index is -0.664. The van der Waals surface area contributed by atoms with Gasteiger partial charge >= 0.3 is 0 Å². The van der Waals surface area contributed by atoms with Crippen LogP contribution < -0.4 is 5.32 Å². The summed E-state index contributed by atoms with van der Waals surface area (Å²) in [6, 6.07) is -0.541. The number of hydrogen-bond acceptors (Lipinski definition) is 3. The number of hydrogen-bond donors (Lipinski definition) is 3. The van der Waals surface area contributed by atoms with Crippen LogP contribution in [0.5, 0.6) is 0 Å². The van der Waals surface area contributed by atoms with Crippen LogP contribution in [0.3, 0.4) is 0 Å². The molecular formula is C72H129NO3.